The maximum Gasteiger partial charge on any atom is -0.0143 e. The minimum Gasteiger partial charge on any atom is -0.0956 e. The first-order valence-corrected chi connectivity index (χ1v) is 13.2. The number of hydrogen-bond acceptors (Lipinski definition) is 0. The molecule has 0 aliphatic heterocycles. The van der Waals surface area contributed by atoms with Gasteiger partial charge in [-0.25, -0.2) is 0 Å². The van der Waals surface area contributed by atoms with Crippen molar-refractivity contribution in [2.45, 2.75) is 127 Å². The van der Waals surface area contributed by atoms with E-state index in [0.717, 1.165) is 17.8 Å². The van der Waals surface area contributed by atoms with Gasteiger partial charge in [-0.3, -0.25) is 0 Å². The zero-order valence-corrected chi connectivity index (χ0v) is 21.5. The third-order valence-electron chi connectivity index (χ3n) is 7.48. The average molecular weight is 429 g/mol. The monoisotopic (exact) mass is 428 g/mol. The molecule has 0 aromatic carbocycles. The summed E-state index contributed by atoms with van der Waals surface area (Å²) in [6, 6.07) is 0. The summed E-state index contributed by atoms with van der Waals surface area (Å²) in [7, 11) is 0. The van der Waals surface area contributed by atoms with Crippen molar-refractivity contribution in [1.82, 2.24) is 0 Å². The smallest absolute Gasteiger partial charge is 0.0143 e. The van der Waals surface area contributed by atoms with E-state index < -0.39 is 0 Å². The molecule has 0 aromatic heterocycles. The third-order valence-corrected chi connectivity index (χ3v) is 7.48. The molecule has 180 valence electrons. The summed E-state index contributed by atoms with van der Waals surface area (Å²) in [4.78, 5) is 0. The van der Waals surface area contributed by atoms with Crippen LogP contribution in [0.1, 0.15) is 127 Å². The molecule has 0 heterocycles. The van der Waals surface area contributed by atoms with Crippen molar-refractivity contribution in [3.63, 3.8) is 0 Å². The van der Waals surface area contributed by atoms with Gasteiger partial charge < -0.3 is 0 Å². The van der Waals surface area contributed by atoms with E-state index in [1.54, 1.807) is 5.57 Å². The highest BCUT2D eigenvalue weighted by Crippen LogP contribution is 2.58. The quantitative estimate of drug-likeness (QED) is 0.382. The van der Waals surface area contributed by atoms with Crippen LogP contribution in [0.2, 0.25) is 0 Å². The highest BCUT2D eigenvalue weighted by molar-refractivity contribution is 5.35. The van der Waals surface area contributed by atoms with Crippen LogP contribution in [0.3, 0.4) is 0 Å². The average Bonchev–Trinajstić information content (AvgIpc) is 3.10. The molecule has 3 aliphatic rings. The second-order valence-corrected chi connectivity index (χ2v) is 9.77. The molecule has 3 rings (SSSR count). The molecule has 3 fully saturated rings. The van der Waals surface area contributed by atoms with Crippen LogP contribution in [0.5, 0.6) is 0 Å². The van der Waals surface area contributed by atoms with E-state index in [1.165, 1.54) is 81.8 Å². The van der Waals surface area contributed by atoms with Crippen LogP contribution < -0.4 is 0 Å². The minimum atomic E-state index is 0. The van der Waals surface area contributed by atoms with Crippen LogP contribution in [0.25, 0.3) is 0 Å². The van der Waals surface area contributed by atoms with E-state index in [0.29, 0.717) is 5.41 Å². The molecule has 0 heteroatoms. The Morgan fingerprint density at radius 3 is 2.26 bits per heavy atom. The fraction of sp³-hybridized carbons (Fsp3) is 0.742. The first-order valence-electron chi connectivity index (χ1n) is 13.2. The van der Waals surface area contributed by atoms with E-state index >= 15 is 0 Å². The number of hydrogen-bond donors (Lipinski definition) is 0. The lowest BCUT2D eigenvalue weighted by Crippen LogP contribution is -2.33. The Labute approximate surface area is 197 Å². The summed E-state index contributed by atoms with van der Waals surface area (Å²) in [6.45, 7) is 19.5. The van der Waals surface area contributed by atoms with Crippen LogP contribution in [-0.2, 0) is 0 Å². The summed E-state index contributed by atoms with van der Waals surface area (Å²) in [5.41, 5.74) is 5.21. The van der Waals surface area contributed by atoms with E-state index in [2.05, 4.69) is 51.7 Å². The largest absolute Gasteiger partial charge is 0.0956 e. The van der Waals surface area contributed by atoms with Gasteiger partial charge in [-0.2, -0.15) is 0 Å². The Hall–Kier alpha value is -1.04. The molecule has 3 saturated carbocycles. The van der Waals surface area contributed by atoms with Gasteiger partial charge in [0, 0.05) is 0 Å². The molecule has 31 heavy (non-hydrogen) atoms. The van der Waals surface area contributed by atoms with Crippen LogP contribution in [0, 0.1) is 23.2 Å². The highest BCUT2D eigenvalue weighted by Gasteiger charge is 2.48. The molecular weight excluding hydrogens is 372 g/mol. The van der Waals surface area contributed by atoms with Crippen molar-refractivity contribution in [1.29, 1.82) is 0 Å². The van der Waals surface area contributed by atoms with E-state index in [9.17, 15) is 0 Å². The molecule has 0 aromatic rings. The van der Waals surface area contributed by atoms with Gasteiger partial charge in [-0.15, -0.1) is 0 Å². The maximum atomic E-state index is 4.30. The Kier molecular flexibility index (Phi) is 15.2. The van der Waals surface area contributed by atoms with E-state index in [-0.39, 0.29) is 7.43 Å². The van der Waals surface area contributed by atoms with Crippen LogP contribution in [0.4, 0.5) is 0 Å². The molecule has 0 radical (unpaired) electrons. The van der Waals surface area contributed by atoms with E-state index in [1.807, 2.05) is 27.7 Å². The Balaban J connectivity index is 0.00000170. The number of rotatable bonds is 5. The number of allylic oxidation sites excluding steroid dienone is 7. The number of fused-ring (bicyclic) bond motifs is 1. The van der Waals surface area contributed by atoms with Crippen molar-refractivity contribution in [3.8, 4) is 0 Å². The summed E-state index contributed by atoms with van der Waals surface area (Å²) in [5, 5.41) is 0. The normalized spacial score (nSPS) is 30.4. The molecule has 0 spiro atoms. The van der Waals surface area contributed by atoms with Gasteiger partial charge in [-0.05, 0) is 99.4 Å². The van der Waals surface area contributed by atoms with Gasteiger partial charge in [0.2, 0.25) is 0 Å². The van der Waals surface area contributed by atoms with Gasteiger partial charge in [0.15, 0.2) is 0 Å². The molecule has 0 nitrogen and oxygen atoms in total. The molecular formula is C31H56. The standard InChI is InChI=1S/C26H40.2C2H6.CH4/c1-20(2)10-5-8-14-24-17-18-25-23(13-9-19-26(24,25)4)16-15-22-12-7-6-11-21(22)3;2*1-2;/h5,8,15-16,20,24-25H,3,6-7,9-14,17-19H2,1-2,4H3;2*1-2H3;1H4/b8-5+,22-15-,23-16+;;;. The molecule has 3 unspecified atom stereocenters. The lowest BCUT2D eigenvalue weighted by Gasteiger charge is -2.42. The summed E-state index contributed by atoms with van der Waals surface area (Å²) in [6.07, 6.45) is 24.5. The third kappa shape index (κ3) is 8.43. The summed E-state index contributed by atoms with van der Waals surface area (Å²) < 4.78 is 0. The van der Waals surface area contributed by atoms with Crippen molar-refractivity contribution in [2.24, 2.45) is 23.2 Å². The minimum absolute atomic E-state index is 0. The fourth-order valence-electron chi connectivity index (χ4n) is 5.76. The predicted octanol–water partition coefficient (Wildman–Crippen LogP) is 10.9. The molecule has 3 aliphatic carbocycles. The zero-order valence-electron chi connectivity index (χ0n) is 21.5. The molecule has 0 N–H and O–H groups in total. The Morgan fingerprint density at radius 1 is 0.935 bits per heavy atom. The van der Waals surface area contributed by atoms with Crippen LogP contribution in [-0.4, -0.2) is 0 Å². The molecule has 0 amide bonds. The first-order chi connectivity index (χ1) is 14.5. The molecule has 3 atom stereocenters. The van der Waals surface area contributed by atoms with Crippen molar-refractivity contribution < 1.29 is 0 Å². The van der Waals surface area contributed by atoms with Crippen molar-refractivity contribution in [3.05, 3.63) is 47.6 Å². The molecule has 0 saturated heterocycles. The van der Waals surface area contributed by atoms with Gasteiger partial charge in [-0.1, -0.05) is 97.9 Å². The van der Waals surface area contributed by atoms with Crippen LogP contribution in [0.15, 0.2) is 47.6 Å². The highest BCUT2D eigenvalue weighted by atomic mass is 14.5. The van der Waals surface area contributed by atoms with Crippen LogP contribution >= 0.6 is 0 Å². The zero-order chi connectivity index (χ0) is 22.6. The van der Waals surface area contributed by atoms with Gasteiger partial charge in [0.25, 0.3) is 0 Å². The predicted molar refractivity (Wildman–Crippen MR) is 145 cm³/mol. The fourth-order valence-corrected chi connectivity index (χ4v) is 5.76. The van der Waals surface area contributed by atoms with Gasteiger partial charge >= 0.3 is 0 Å². The Morgan fingerprint density at radius 2 is 1.61 bits per heavy atom. The maximum absolute atomic E-state index is 4.30. The Bertz CT molecular complexity index is 585. The SMILES string of the molecule is C.C=C1CCCC/C1=C/C=C1\CCCC2(C)C(C/C=C/CC(C)C)CCC12.CC.CC. The van der Waals surface area contributed by atoms with Gasteiger partial charge in [0.1, 0.15) is 0 Å². The lowest BCUT2D eigenvalue weighted by atomic mass is 9.63. The van der Waals surface area contributed by atoms with Crippen molar-refractivity contribution >= 4 is 0 Å². The second-order valence-electron chi connectivity index (χ2n) is 9.77. The van der Waals surface area contributed by atoms with Gasteiger partial charge in [0.05, 0.1) is 0 Å². The molecule has 0 bridgehead atoms. The van der Waals surface area contributed by atoms with Crippen molar-refractivity contribution in [2.75, 3.05) is 0 Å². The summed E-state index contributed by atoms with van der Waals surface area (Å²) in [5.74, 6) is 2.50. The lowest BCUT2D eigenvalue weighted by molar-refractivity contribution is 0.137. The topological polar surface area (TPSA) is 0 Å². The first kappa shape index (κ1) is 30.0. The summed E-state index contributed by atoms with van der Waals surface area (Å²) >= 11 is 0. The van der Waals surface area contributed by atoms with E-state index in [4.69, 9.17) is 0 Å². The second kappa shape index (κ2) is 15.7.